The van der Waals surface area contributed by atoms with Crippen molar-refractivity contribution in [2.45, 2.75) is 26.7 Å². The van der Waals surface area contributed by atoms with Crippen molar-refractivity contribution >= 4 is 72.7 Å². The zero-order valence-electron chi connectivity index (χ0n) is 5.64. The topological polar surface area (TPSA) is 43.4 Å². The molecular formula is C6H14CaMgO3. The smallest absolute Gasteiger partial charge is 0.316 e. The number of carbonyl (C=O) groups is 2. The molecular weight excluding hydrogens is 184 g/mol. The van der Waals surface area contributed by atoms with Crippen LogP contribution in [0.25, 0.3) is 0 Å². The van der Waals surface area contributed by atoms with Crippen molar-refractivity contribution in [1.82, 2.24) is 0 Å². The maximum Gasteiger partial charge on any atom is 0.316 e. The fourth-order valence-electron chi connectivity index (χ4n) is 0.271. The zero-order valence-corrected chi connectivity index (χ0v) is 5.64. The van der Waals surface area contributed by atoms with Crippen molar-refractivity contribution in [3.8, 4) is 0 Å². The predicted octanol–water partition coefficient (Wildman–Crippen LogP) is -0.956. The van der Waals surface area contributed by atoms with Gasteiger partial charge in [0.2, 0.25) is 0 Å². The molecule has 0 fully saturated rings. The van der Waals surface area contributed by atoms with Gasteiger partial charge in [-0.05, 0) is 0 Å². The van der Waals surface area contributed by atoms with E-state index >= 15 is 0 Å². The molecule has 0 saturated carbocycles. The second-order valence-electron chi connectivity index (χ2n) is 1.55. The molecule has 0 spiro atoms. The third-order valence-electron chi connectivity index (χ3n) is 0.805. The molecule has 0 aromatic rings. The van der Waals surface area contributed by atoms with E-state index in [1.54, 1.807) is 13.8 Å². The minimum Gasteiger partial charge on any atom is 0.316 e. The Morgan fingerprint density at radius 2 is 1.36 bits per heavy atom. The van der Waals surface area contributed by atoms with E-state index in [9.17, 15) is 9.59 Å². The van der Waals surface area contributed by atoms with Crippen LogP contribution in [0.2, 0.25) is 0 Å². The summed E-state index contributed by atoms with van der Waals surface area (Å²) in [6.45, 7) is 3.29. The first-order valence-electron chi connectivity index (χ1n) is 2.94. The monoisotopic (exact) mass is 198 g/mol. The Labute approximate surface area is 112 Å². The van der Waals surface area contributed by atoms with Gasteiger partial charge in [0.1, 0.15) is 0 Å². The summed E-state index contributed by atoms with van der Waals surface area (Å²) in [7, 11) is 0. The van der Waals surface area contributed by atoms with Gasteiger partial charge in [0.15, 0.2) is 0 Å². The summed E-state index contributed by atoms with van der Waals surface area (Å²) in [4.78, 5) is 20.7. The predicted molar refractivity (Wildman–Crippen MR) is 48.8 cm³/mol. The van der Waals surface area contributed by atoms with Crippen LogP contribution in [-0.4, -0.2) is 72.7 Å². The zero-order chi connectivity index (χ0) is 7.28. The van der Waals surface area contributed by atoms with E-state index in [-0.39, 0.29) is 73.6 Å². The fraction of sp³-hybridized carbons (Fsp3) is 0.667. The van der Waals surface area contributed by atoms with Gasteiger partial charge < -0.3 is 4.74 Å². The average molecular weight is 199 g/mol. The second kappa shape index (κ2) is 11.2. The maximum absolute atomic E-state index is 10.3. The van der Waals surface area contributed by atoms with Gasteiger partial charge in [-0.3, -0.25) is 9.59 Å². The van der Waals surface area contributed by atoms with Crippen molar-refractivity contribution in [1.29, 1.82) is 0 Å². The second-order valence-corrected chi connectivity index (χ2v) is 1.55. The SMILES string of the molecule is CCC(=O)OC(=O)CC.[CaH2].[MgH2]. The number of rotatable bonds is 2. The minimum absolute atomic E-state index is 0. The standard InChI is InChI=1S/C6H10O3.Ca.Mg.4H/c1-3-5(7)9-6(8)4-2;;;;;;/h3-4H2,1-2H3;;;;;;. The molecule has 0 aliphatic heterocycles. The molecule has 3 nitrogen and oxygen atoms in total. The van der Waals surface area contributed by atoms with E-state index in [0.29, 0.717) is 0 Å². The Morgan fingerprint density at radius 3 is 1.55 bits per heavy atom. The molecule has 0 aliphatic rings. The molecule has 0 aromatic carbocycles. The Balaban J connectivity index is -0.000000320. The molecule has 5 heteroatoms. The normalized spacial score (nSPS) is 7.09. The van der Waals surface area contributed by atoms with Crippen molar-refractivity contribution in [3.63, 3.8) is 0 Å². The molecule has 0 rings (SSSR count). The van der Waals surface area contributed by atoms with E-state index in [0.717, 1.165) is 0 Å². The van der Waals surface area contributed by atoms with Gasteiger partial charge in [-0.15, -0.1) is 0 Å². The van der Waals surface area contributed by atoms with Crippen LogP contribution in [0.15, 0.2) is 0 Å². The van der Waals surface area contributed by atoms with Crippen molar-refractivity contribution in [2.24, 2.45) is 0 Å². The number of carbonyl (C=O) groups excluding carboxylic acids is 2. The Kier molecular flexibility index (Phi) is 18.3. The molecule has 0 radical (unpaired) electrons. The van der Waals surface area contributed by atoms with Crippen LogP contribution >= 0.6 is 0 Å². The molecule has 0 saturated heterocycles. The summed E-state index contributed by atoms with van der Waals surface area (Å²) in [6.07, 6.45) is 0.511. The molecule has 0 heterocycles. The first kappa shape index (κ1) is 18.1. The van der Waals surface area contributed by atoms with E-state index in [2.05, 4.69) is 4.74 Å². The van der Waals surface area contributed by atoms with Crippen molar-refractivity contribution < 1.29 is 14.3 Å². The molecule has 0 N–H and O–H groups in total. The average Bonchev–Trinajstić information content (AvgIpc) is 1.87. The van der Waals surface area contributed by atoms with Gasteiger partial charge in [0, 0.05) is 12.8 Å². The van der Waals surface area contributed by atoms with Gasteiger partial charge in [-0.25, -0.2) is 0 Å². The molecule has 0 aliphatic carbocycles. The van der Waals surface area contributed by atoms with Crippen LogP contribution in [-0.2, 0) is 14.3 Å². The van der Waals surface area contributed by atoms with E-state index in [4.69, 9.17) is 0 Å². The summed E-state index contributed by atoms with van der Waals surface area (Å²) in [5.41, 5.74) is 0. The van der Waals surface area contributed by atoms with Crippen LogP contribution in [0.3, 0.4) is 0 Å². The third-order valence-corrected chi connectivity index (χ3v) is 0.805. The van der Waals surface area contributed by atoms with Crippen LogP contribution in [0.1, 0.15) is 26.7 Å². The number of ether oxygens (including phenoxy) is 1. The van der Waals surface area contributed by atoms with E-state index in [1.807, 2.05) is 0 Å². The summed E-state index contributed by atoms with van der Waals surface area (Å²) in [5.74, 6) is -0.913. The van der Waals surface area contributed by atoms with Crippen LogP contribution < -0.4 is 0 Å². The Morgan fingerprint density at radius 1 is 1.09 bits per heavy atom. The molecule has 0 aromatic heterocycles. The molecule has 0 atom stereocenters. The summed E-state index contributed by atoms with van der Waals surface area (Å²) < 4.78 is 4.27. The maximum atomic E-state index is 10.3. The first-order valence-corrected chi connectivity index (χ1v) is 2.94. The molecule has 60 valence electrons. The number of hydrogen-bond acceptors (Lipinski definition) is 3. The number of hydrogen-bond donors (Lipinski definition) is 0. The van der Waals surface area contributed by atoms with Gasteiger partial charge >= 0.3 is 72.7 Å². The summed E-state index contributed by atoms with van der Waals surface area (Å²) in [5, 5.41) is 0. The van der Waals surface area contributed by atoms with Crippen LogP contribution in [0.4, 0.5) is 0 Å². The van der Waals surface area contributed by atoms with Gasteiger partial charge in [0.05, 0.1) is 0 Å². The van der Waals surface area contributed by atoms with Crippen LogP contribution in [0, 0.1) is 0 Å². The number of esters is 2. The van der Waals surface area contributed by atoms with Gasteiger partial charge in [-0.1, -0.05) is 13.8 Å². The van der Waals surface area contributed by atoms with E-state index < -0.39 is 11.9 Å². The Bertz CT molecular complexity index is 113. The first-order chi connectivity index (χ1) is 4.20. The van der Waals surface area contributed by atoms with Crippen molar-refractivity contribution in [3.05, 3.63) is 0 Å². The summed E-state index contributed by atoms with van der Waals surface area (Å²) >= 11 is 0. The van der Waals surface area contributed by atoms with Crippen molar-refractivity contribution in [2.75, 3.05) is 0 Å². The molecule has 11 heavy (non-hydrogen) atoms. The van der Waals surface area contributed by atoms with E-state index in [1.165, 1.54) is 0 Å². The third kappa shape index (κ3) is 11.2. The molecule has 0 amide bonds. The largest absolute Gasteiger partial charge is 0.316 e. The Hall–Kier alpha value is 1.17. The van der Waals surface area contributed by atoms with Crippen LogP contribution in [0.5, 0.6) is 0 Å². The quantitative estimate of drug-likeness (QED) is 0.326. The molecule has 0 bridgehead atoms. The van der Waals surface area contributed by atoms with Gasteiger partial charge in [0.25, 0.3) is 0 Å². The fourth-order valence-corrected chi connectivity index (χ4v) is 0.271. The summed E-state index contributed by atoms with van der Waals surface area (Å²) in [6, 6.07) is 0. The molecule has 0 unspecified atom stereocenters. The minimum atomic E-state index is -0.457. The van der Waals surface area contributed by atoms with Gasteiger partial charge in [-0.2, -0.15) is 0 Å².